The molecule has 0 aromatic heterocycles. The van der Waals surface area contributed by atoms with E-state index < -0.39 is 5.97 Å². The van der Waals surface area contributed by atoms with Crippen molar-refractivity contribution in [2.75, 3.05) is 0 Å². The van der Waals surface area contributed by atoms with Gasteiger partial charge in [0, 0.05) is 5.97 Å². The summed E-state index contributed by atoms with van der Waals surface area (Å²) >= 11 is 0. The van der Waals surface area contributed by atoms with E-state index in [2.05, 4.69) is 19.1 Å². The number of unbranched alkanes of at least 4 members (excludes halogenated alkanes) is 7. The van der Waals surface area contributed by atoms with E-state index >= 15 is 0 Å². The Kier molecular flexibility index (Phi) is 21.3. The first-order chi connectivity index (χ1) is 10.2. The van der Waals surface area contributed by atoms with Gasteiger partial charge >= 0.3 is 29.6 Å². The monoisotopic (exact) mass is 320 g/mol. The van der Waals surface area contributed by atoms with Crippen molar-refractivity contribution in [3.05, 3.63) is 12.2 Å². The number of carbonyl (C=O) groups excluding carboxylic acids is 1. The topological polar surface area (TPSA) is 60.4 Å². The maximum absolute atomic E-state index is 10.2. The third-order valence-corrected chi connectivity index (χ3v) is 3.73. The smallest absolute Gasteiger partial charge is 0.550 e. The number of hydrogen-bond acceptors (Lipinski definition) is 3. The van der Waals surface area contributed by atoms with Crippen molar-refractivity contribution >= 4 is 5.97 Å². The second-order valence-electron chi connectivity index (χ2n) is 5.88. The van der Waals surface area contributed by atoms with Gasteiger partial charge in [-0.3, -0.25) is 0 Å². The third kappa shape index (κ3) is 20.2. The Morgan fingerprint density at radius 2 is 1.59 bits per heavy atom. The summed E-state index contributed by atoms with van der Waals surface area (Å²) in [4.78, 5) is 10.2. The molecule has 0 saturated heterocycles. The number of aliphatic hydroxyl groups excluding tert-OH is 1. The van der Waals surface area contributed by atoms with Crippen LogP contribution in [0.3, 0.4) is 0 Å². The number of hydrogen-bond donors (Lipinski definition) is 1. The average molecular weight is 320 g/mol. The first kappa shape index (κ1) is 24.4. The number of carboxylic acid groups (broad SMARTS) is 1. The molecule has 0 rings (SSSR count). The quantitative estimate of drug-likeness (QED) is 0.275. The molecule has 0 aliphatic carbocycles. The molecule has 3 nitrogen and oxygen atoms in total. The van der Waals surface area contributed by atoms with E-state index in [1.807, 2.05) is 0 Å². The predicted molar refractivity (Wildman–Crippen MR) is 85.8 cm³/mol. The molecule has 0 spiro atoms. The maximum Gasteiger partial charge on any atom is 1.00 e. The minimum absolute atomic E-state index is 0. The fourth-order valence-electron chi connectivity index (χ4n) is 2.36. The number of carbonyl (C=O) groups is 1. The van der Waals surface area contributed by atoms with Gasteiger partial charge in [0.15, 0.2) is 0 Å². The van der Waals surface area contributed by atoms with Gasteiger partial charge in [-0.15, -0.1) is 0 Å². The first-order valence-corrected chi connectivity index (χ1v) is 8.69. The standard InChI is InChI=1S/C18H34O3.Na/c1-2-3-4-5-6-7-8-9-10-11-14-17(19)15-12-13-16-18(20)21;/h9-10,17,19H,2-8,11-16H2,1H3,(H,20,21);/q;+1/p-1/b10-9-;. The number of rotatable bonds is 15. The van der Waals surface area contributed by atoms with Gasteiger partial charge in [-0.25, -0.2) is 0 Å². The Morgan fingerprint density at radius 3 is 2.27 bits per heavy atom. The molecule has 4 heteroatoms. The zero-order chi connectivity index (χ0) is 15.8. The zero-order valence-electron chi connectivity index (χ0n) is 14.7. The van der Waals surface area contributed by atoms with E-state index in [0.29, 0.717) is 12.8 Å². The van der Waals surface area contributed by atoms with Gasteiger partial charge < -0.3 is 15.0 Å². The number of aliphatic hydroxyl groups is 1. The van der Waals surface area contributed by atoms with Crippen LogP contribution in [0.25, 0.3) is 0 Å². The van der Waals surface area contributed by atoms with Crippen LogP contribution in [-0.4, -0.2) is 17.2 Å². The van der Waals surface area contributed by atoms with E-state index in [1.54, 1.807) is 0 Å². The minimum atomic E-state index is -0.998. The fourth-order valence-corrected chi connectivity index (χ4v) is 2.36. The van der Waals surface area contributed by atoms with Gasteiger partial charge in [-0.05, 0) is 44.9 Å². The summed E-state index contributed by atoms with van der Waals surface area (Å²) in [5.74, 6) is -0.998. The van der Waals surface area contributed by atoms with Crippen LogP contribution in [0.1, 0.15) is 90.4 Å². The van der Waals surface area contributed by atoms with Crippen LogP contribution in [-0.2, 0) is 4.79 Å². The van der Waals surface area contributed by atoms with Crippen LogP contribution in [0.4, 0.5) is 0 Å². The second-order valence-corrected chi connectivity index (χ2v) is 5.88. The van der Waals surface area contributed by atoms with E-state index in [0.717, 1.165) is 25.7 Å². The summed E-state index contributed by atoms with van der Waals surface area (Å²) < 4.78 is 0. The number of allylic oxidation sites excluding steroid dienone is 2. The maximum atomic E-state index is 10.2. The van der Waals surface area contributed by atoms with Crippen molar-refractivity contribution < 1.29 is 44.6 Å². The van der Waals surface area contributed by atoms with Crippen LogP contribution in [0, 0.1) is 0 Å². The molecule has 0 amide bonds. The molecule has 0 aromatic carbocycles. The van der Waals surface area contributed by atoms with Gasteiger partial charge in [0.2, 0.25) is 0 Å². The van der Waals surface area contributed by atoms with Gasteiger partial charge in [-0.1, -0.05) is 57.6 Å². The largest absolute Gasteiger partial charge is 1.00 e. The van der Waals surface area contributed by atoms with Crippen molar-refractivity contribution in [3.63, 3.8) is 0 Å². The molecular weight excluding hydrogens is 287 g/mol. The summed E-state index contributed by atoms with van der Waals surface area (Å²) in [5.41, 5.74) is 0. The first-order valence-electron chi connectivity index (χ1n) is 8.69. The van der Waals surface area contributed by atoms with E-state index in [-0.39, 0.29) is 42.1 Å². The molecule has 0 fully saturated rings. The van der Waals surface area contributed by atoms with Crippen molar-refractivity contribution in [1.29, 1.82) is 0 Å². The summed E-state index contributed by atoms with van der Waals surface area (Å²) in [5, 5.41) is 20.0. The summed E-state index contributed by atoms with van der Waals surface area (Å²) in [6, 6.07) is 0. The average Bonchev–Trinajstić information content (AvgIpc) is 2.45. The Morgan fingerprint density at radius 1 is 0.955 bits per heavy atom. The molecule has 0 aliphatic rings. The van der Waals surface area contributed by atoms with E-state index in [4.69, 9.17) is 0 Å². The molecule has 0 aliphatic heterocycles. The molecule has 0 bridgehead atoms. The molecule has 0 saturated carbocycles. The summed E-state index contributed by atoms with van der Waals surface area (Å²) in [6.07, 6.45) is 17.1. The van der Waals surface area contributed by atoms with Crippen LogP contribution in [0.2, 0.25) is 0 Å². The zero-order valence-corrected chi connectivity index (χ0v) is 16.7. The molecule has 0 radical (unpaired) electrons. The van der Waals surface area contributed by atoms with Crippen molar-refractivity contribution in [2.24, 2.45) is 0 Å². The van der Waals surface area contributed by atoms with Crippen LogP contribution >= 0.6 is 0 Å². The number of aliphatic carboxylic acids is 1. The molecule has 1 unspecified atom stereocenters. The van der Waals surface area contributed by atoms with Crippen molar-refractivity contribution in [2.45, 2.75) is 96.5 Å². The molecule has 0 aromatic rings. The van der Waals surface area contributed by atoms with E-state index in [9.17, 15) is 15.0 Å². The normalized spacial score (nSPS) is 12.3. The SMILES string of the molecule is CCCCCCCC/C=C\CCC(O)CCCCC(=O)[O-].[Na+]. The minimum Gasteiger partial charge on any atom is -0.550 e. The van der Waals surface area contributed by atoms with E-state index in [1.165, 1.54) is 38.5 Å². The molecule has 124 valence electrons. The predicted octanol–water partition coefficient (Wildman–Crippen LogP) is 0.749. The molecule has 1 atom stereocenters. The van der Waals surface area contributed by atoms with Gasteiger partial charge in [-0.2, -0.15) is 0 Å². The molecule has 0 heterocycles. The summed E-state index contributed by atoms with van der Waals surface area (Å²) in [7, 11) is 0. The summed E-state index contributed by atoms with van der Waals surface area (Å²) in [6.45, 7) is 2.24. The Hall–Kier alpha value is 0.170. The second kappa shape index (κ2) is 19.2. The van der Waals surface area contributed by atoms with Crippen LogP contribution in [0.15, 0.2) is 12.2 Å². The van der Waals surface area contributed by atoms with Crippen LogP contribution < -0.4 is 34.7 Å². The van der Waals surface area contributed by atoms with Crippen molar-refractivity contribution in [1.82, 2.24) is 0 Å². The Labute approximate surface area is 158 Å². The molecule has 1 N–H and O–H groups in total. The van der Waals surface area contributed by atoms with Gasteiger partial charge in [0.05, 0.1) is 6.10 Å². The number of carboxylic acids is 1. The fraction of sp³-hybridized carbons (Fsp3) is 0.833. The Bertz CT molecular complexity index is 267. The molecular formula is C18H33NaO3. The van der Waals surface area contributed by atoms with Crippen molar-refractivity contribution in [3.8, 4) is 0 Å². The third-order valence-electron chi connectivity index (χ3n) is 3.73. The van der Waals surface area contributed by atoms with Gasteiger partial charge in [0.1, 0.15) is 0 Å². The Balaban J connectivity index is 0. The van der Waals surface area contributed by atoms with Crippen LogP contribution in [0.5, 0.6) is 0 Å². The van der Waals surface area contributed by atoms with Gasteiger partial charge in [0.25, 0.3) is 0 Å². The molecule has 22 heavy (non-hydrogen) atoms.